The number of aryl methyl sites for hydroxylation is 1. The van der Waals surface area contributed by atoms with Gasteiger partial charge in [-0.15, -0.1) is 0 Å². The van der Waals surface area contributed by atoms with Crippen molar-refractivity contribution < 1.29 is 18.3 Å². The molecule has 0 unspecified atom stereocenters. The van der Waals surface area contributed by atoms with Crippen LogP contribution in [0.2, 0.25) is 0 Å². The van der Waals surface area contributed by atoms with Gasteiger partial charge in [0.05, 0.1) is 15.8 Å². The number of nitrogens with one attached hydrogen (secondary N) is 1. The number of fused-ring (bicyclic) bond motifs is 2. The highest BCUT2D eigenvalue weighted by Crippen LogP contribution is 2.67. The number of hydrogen-bond donors (Lipinski definition) is 2. The Morgan fingerprint density at radius 1 is 1.35 bits per heavy atom. The second-order valence-corrected chi connectivity index (χ2v) is 8.17. The maximum Gasteiger partial charge on any atom is 0.310 e. The van der Waals surface area contributed by atoms with Crippen molar-refractivity contribution in [2.75, 3.05) is 0 Å². The highest BCUT2D eigenvalue weighted by molar-refractivity contribution is 7.89. The molecule has 0 radical (unpaired) electrons. The number of carboxylic acids is 1. The Morgan fingerprint density at radius 3 is 2.78 bits per heavy atom. The molecule has 23 heavy (non-hydrogen) atoms. The first kappa shape index (κ1) is 14.6. The fourth-order valence-electron chi connectivity index (χ4n) is 3.71. The van der Waals surface area contributed by atoms with E-state index < -0.39 is 21.4 Å². The van der Waals surface area contributed by atoms with Gasteiger partial charge in [0.15, 0.2) is 0 Å². The summed E-state index contributed by atoms with van der Waals surface area (Å²) in [6, 6.07) is 6.48. The third kappa shape index (κ3) is 2.00. The Kier molecular flexibility index (Phi) is 2.87. The van der Waals surface area contributed by atoms with E-state index in [-0.39, 0.29) is 16.9 Å². The first-order valence-electron chi connectivity index (χ1n) is 7.45. The summed E-state index contributed by atoms with van der Waals surface area (Å²) in [5.74, 6) is -0.896. The molecule has 4 rings (SSSR count). The van der Waals surface area contributed by atoms with Gasteiger partial charge in [-0.3, -0.25) is 9.78 Å². The van der Waals surface area contributed by atoms with Gasteiger partial charge in [-0.2, -0.15) is 0 Å². The van der Waals surface area contributed by atoms with Crippen LogP contribution in [0.25, 0.3) is 10.9 Å². The van der Waals surface area contributed by atoms with Crippen molar-refractivity contribution in [2.24, 2.45) is 11.3 Å². The number of carboxylic acid groups (broad SMARTS) is 1. The van der Waals surface area contributed by atoms with E-state index in [4.69, 9.17) is 5.11 Å². The van der Waals surface area contributed by atoms with Gasteiger partial charge in [-0.1, -0.05) is 6.07 Å². The summed E-state index contributed by atoms with van der Waals surface area (Å²) >= 11 is 0. The fourth-order valence-corrected chi connectivity index (χ4v) is 5.19. The standard InChI is InChI=1S/C16H16N2O4S/c1-9-4-5-13(10-3-2-6-17-14(9)10)23(21,22)18-12-8-16(15(19)20)7-11(12)16/h2-6,11-12,18H,7-8H2,1H3,(H,19,20)/t11-,12-,16-/m1/s1. The highest BCUT2D eigenvalue weighted by atomic mass is 32.2. The molecule has 120 valence electrons. The molecule has 1 aromatic heterocycles. The summed E-state index contributed by atoms with van der Waals surface area (Å²) in [4.78, 5) is 15.6. The van der Waals surface area contributed by atoms with E-state index in [0.717, 1.165) is 5.56 Å². The Balaban J connectivity index is 1.66. The molecule has 1 heterocycles. The van der Waals surface area contributed by atoms with Gasteiger partial charge in [-0.05, 0) is 49.4 Å². The average molecular weight is 332 g/mol. The summed E-state index contributed by atoms with van der Waals surface area (Å²) in [5, 5.41) is 9.74. The van der Waals surface area contributed by atoms with Crippen molar-refractivity contribution in [2.45, 2.75) is 30.7 Å². The minimum absolute atomic E-state index is 0.0791. The molecule has 2 aromatic rings. The van der Waals surface area contributed by atoms with Crippen molar-refractivity contribution in [1.82, 2.24) is 9.71 Å². The summed E-state index contributed by atoms with van der Waals surface area (Å²) in [5.41, 5.74) is 0.898. The highest BCUT2D eigenvalue weighted by Gasteiger charge is 2.72. The monoisotopic (exact) mass is 332 g/mol. The van der Waals surface area contributed by atoms with Crippen LogP contribution in [0.1, 0.15) is 18.4 Å². The van der Waals surface area contributed by atoms with Crippen molar-refractivity contribution in [3.8, 4) is 0 Å². The molecule has 2 fully saturated rings. The van der Waals surface area contributed by atoms with Crippen LogP contribution in [0.4, 0.5) is 0 Å². The number of aliphatic carboxylic acids is 1. The van der Waals surface area contributed by atoms with E-state index >= 15 is 0 Å². The molecule has 0 spiro atoms. The molecule has 0 bridgehead atoms. The van der Waals surface area contributed by atoms with Crippen LogP contribution in [0.15, 0.2) is 35.4 Å². The van der Waals surface area contributed by atoms with Crippen molar-refractivity contribution in [3.05, 3.63) is 36.0 Å². The summed E-state index contributed by atoms with van der Waals surface area (Å²) < 4.78 is 28.1. The minimum atomic E-state index is -3.71. The van der Waals surface area contributed by atoms with Gasteiger partial charge in [-0.25, -0.2) is 13.1 Å². The van der Waals surface area contributed by atoms with Gasteiger partial charge in [0.1, 0.15) is 0 Å². The molecule has 2 aliphatic rings. The molecule has 7 heteroatoms. The number of benzene rings is 1. The maximum absolute atomic E-state index is 12.7. The van der Waals surface area contributed by atoms with Crippen LogP contribution in [-0.4, -0.2) is 30.5 Å². The lowest BCUT2D eigenvalue weighted by Crippen LogP contribution is -2.48. The molecule has 2 N–H and O–H groups in total. The zero-order valence-corrected chi connectivity index (χ0v) is 13.3. The Labute approximate surface area is 133 Å². The molecule has 2 saturated carbocycles. The third-order valence-electron chi connectivity index (χ3n) is 5.16. The average Bonchev–Trinajstić information content (AvgIpc) is 3.12. The van der Waals surface area contributed by atoms with E-state index in [9.17, 15) is 13.2 Å². The van der Waals surface area contributed by atoms with Crippen LogP contribution in [0, 0.1) is 18.3 Å². The van der Waals surface area contributed by atoms with Gasteiger partial charge >= 0.3 is 5.97 Å². The zero-order valence-electron chi connectivity index (χ0n) is 12.5. The number of nitrogens with zero attached hydrogens (tertiary/aromatic N) is 1. The van der Waals surface area contributed by atoms with Crippen LogP contribution in [0.5, 0.6) is 0 Å². The van der Waals surface area contributed by atoms with E-state index in [1.54, 1.807) is 30.5 Å². The molecular formula is C16H16N2O4S. The largest absolute Gasteiger partial charge is 0.481 e. The minimum Gasteiger partial charge on any atom is -0.481 e. The smallest absolute Gasteiger partial charge is 0.310 e. The predicted octanol–water partition coefficient (Wildman–Crippen LogP) is 1.68. The van der Waals surface area contributed by atoms with Crippen LogP contribution >= 0.6 is 0 Å². The molecule has 1 aromatic carbocycles. The first-order chi connectivity index (χ1) is 10.8. The first-order valence-corrected chi connectivity index (χ1v) is 8.93. The van der Waals surface area contributed by atoms with E-state index in [1.807, 2.05) is 6.92 Å². The lowest BCUT2D eigenvalue weighted by Gasteiger charge is -2.32. The van der Waals surface area contributed by atoms with Crippen LogP contribution < -0.4 is 4.72 Å². The summed E-state index contributed by atoms with van der Waals surface area (Å²) in [6.45, 7) is 1.89. The Bertz CT molecular complexity index is 940. The lowest BCUT2D eigenvalue weighted by molar-refractivity contribution is -0.147. The number of carbonyl (C=O) groups is 1. The molecule has 0 amide bonds. The van der Waals surface area contributed by atoms with Gasteiger partial charge in [0, 0.05) is 17.6 Å². The fraction of sp³-hybridized carbons (Fsp3) is 0.375. The van der Waals surface area contributed by atoms with E-state index in [2.05, 4.69) is 9.71 Å². The molecule has 6 nitrogen and oxygen atoms in total. The number of sulfonamides is 1. The number of rotatable bonds is 4. The maximum atomic E-state index is 12.7. The molecule has 3 atom stereocenters. The summed E-state index contributed by atoms with van der Waals surface area (Å²) in [7, 11) is -3.71. The predicted molar refractivity (Wildman–Crippen MR) is 83.4 cm³/mol. The molecule has 0 saturated heterocycles. The zero-order chi connectivity index (χ0) is 16.4. The quantitative estimate of drug-likeness (QED) is 0.888. The second-order valence-electron chi connectivity index (χ2n) is 6.48. The van der Waals surface area contributed by atoms with Crippen molar-refractivity contribution in [1.29, 1.82) is 0 Å². The third-order valence-corrected chi connectivity index (χ3v) is 6.71. The van der Waals surface area contributed by atoms with E-state index in [1.165, 1.54) is 0 Å². The lowest BCUT2D eigenvalue weighted by atomic mass is 9.81. The van der Waals surface area contributed by atoms with Gasteiger partial charge in [0.2, 0.25) is 10.0 Å². The second kappa shape index (κ2) is 4.52. The SMILES string of the molecule is Cc1ccc(S(=O)(=O)N[C@@H]2C[C@]3(C(=O)O)C[C@H]23)c2cccnc12. The number of aromatic nitrogens is 1. The van der Waals surface area contributed by atoms with Gasteiger partial charge < -0.3 is 5.11 Å². The van der Waals surface area contributed by atoms with Crippen molar-refractivity contribution in [3.63, 3.8) is 0 Å². The molecule has 2 aliphatic carbocycles. The molecular weight excluding hydrogens is 316 g/mol. The number of hydrogen-bond acceptors (Lipinski definition) is 4. The Hall–Kier alpha value is -1.99. The Morgan fingerprint density at radius 2 is 2.13 bits per heavy atom. The molecule has 0 aliphatic heterocycles. The number of pyridine rings is 1. The van der Waals surface area contributed by atoms with Gasteiger partial charge in [0.25, 0.3) is 0 Å². The normalized spacial score (nSPS) is 28.9. The summed E-state index contributed by atoms with van der Waals surface area (Å²) in [6.07, 6.45) is 2.57. The van der Waals surface area contributed by atoms with Crippen molar-refractivity contribution >= 4 is 26.9 Å². The van der Waals surface area contributed by atoms with E-state index in [0.29, 0.717) is 23.7 Å². The van der Waals surface area contributed by atoms with Crippen LogP contribution in [0.3, 0.4) is 0 Å². The van der Waals surface area contributed by atoms with Crippen LogP contribution in [-0.2, 0) is 14.8 Å². The topological polar surface area (TPSA) is 96.4 Å².